The Labute approximate surface area is 99.6 Å². The first kappa shape index (κ1) is 11.9. The van der Waals surface area contributed by atoms with Gasteiger partial charge >= 0.3 is 0 Å². The summed E-state index contributed by atoms with van der Waals surface area (Å²) in [7, 11) is 2.25. The van der Waals surface area contributed by atoms with Crippen LogP contribution in [0.3, 0.4) is 0 Å². The van der Waals surface area contributed by atoms with E-state index in [-0.39, 0.29) is 0 Å². The third-order valence-electron chi connectivity index (χ3n) is 4.73. The quantitative estimate of drug-likeness (QED) is 0.714. The standard InChI is InChI=1S/C14H24N2/c1-11-6-8-13(9-7-11)16(2)14-5-3-4-12(14)10-15/h11-14H,3-9H2,1-2H3. The highest BCUT2D eigenvalue weighted by Gasteiger charge is 2.34. The van der Waals surface area contributed by atoms with Crippen LogP contribution in [0.1, 0.15) is 51.9 Å². The molecule has 2 saturated carbocycles. The summed E-state index contributed by atoms with van der Waals surface area (Å²) in [6, 6.07) is 3.79. The van der Waals surface area contributed by atoms with Crippen LogP contribution in [0.5, 0.6) is 0 Å². The van der Waals surface area contributed by atoms with Crippen molar-refractivity contribution in [3.63, 3.8) is 0 Å². The van der Waals surface area contributed by atoms with Crippen LogP contribution in [0.2, 0.25) is 0 Å². The van der Waals surface area contributed by atoms with Gasteiger partial charge in [0.2, 0.25) is 0 Å². The van der Waals surface area contributed by atoms with Gasteiger partial charge in [-0.25, -0.2) is 0 Å². The molecule has 0 aromatic rings. The van der Waals surface area contributed by atoms with Crippen molar-refractivity contribution in [1.29, 1.82) is 5.26 Å². The minimum absolute atomic E-state index is 0.296. The fourth-order valence-corrected chi connectivity index (χ4v) is 3.50. The van der Waals surface area contributed by atoms with E-state index in [1.807, 2.05) is 0 Å². The average Bonchev–Trinajstić information content (AvgIpc) is 2.77. The summed E-state index contributed by atoms with van der Waals surface area (Å²) in [6.07, 6.45) is 9.03. The molecule has 0 amide bonds. The lowest BCUT2D eigenvalue weighted by atomic mass is 9.85. The zero-order valence-electron chi connectivity index (χ0n) is 10.7. The van der Waals surface area contributed by atoms with E-state index in [0.29, 0.717) is 12.0 Å². The van der Waals surface area contributed by atoms with Gasteiger partial charge < -0.3 is 0 Å². The second-order valence-corrected chi connectivity index (χ2v) is 5.81. The topological polar surface area (TPSA) is 27.0 Å². The maximum atomic E-state index is 9.15. The molecule has 2 aliphatic carbocycles. The van der Waals surface area contributed by atoms with E-state index in [9.17, 15) is 0 Å². The maximum absolute atomic E-state index is 9.15. The van der Waals surface area contributed by atoms with Crippen molar-refractivity contribution in [2.75, 3.05) is 7.05 Å². The van der Waals surface area contributed by atoms with Gasteiger partial charge in [0.1, 0.15) is 0 Å². The number of nitriles is 1. The van der Waals surface area contributed by atoms with E-state index in [4.69, 9.17) is 5.26 Å². The first-order valence-electron chi connectivity index (χ1n) is 6.84. The van der Waals surface area contributed by atoms with Gasteiger partial charge in [-0.15, -0.1) is 0 Å². The van der Waals surface area contributed by atoms with Crippen LogP contribution >= 0.6 is 0 Å². The predicted octanol–water partition coefficient (Wildman–Crippen LogP) is 3.19. The lowest BCUT2D eigenvalue weighted by Gasteiger charge is -2.38. The van der Waals surface area contributed by atoms with Gasteiger partial charge in [-0.2, -0.15) is 5.26 Å². The van der Waals surface area contributed by atoms with Gasteiger partial charge in [0.05, 0.1) is 12.0 Å². The van der Waals surface area contributed by atoms with Crippen molar-refractivity contribution >= 4 is 0 Å². The Morgan fingerprint density at radius 2 is 1.75 bits per heavy atom. The average molecular weight is 220 g/mol. The normalized spacial score (nSPS) is 39.9. The highest BCUT2D eigenvalue weighted by molar-refractivity contribution is 4.98. The number of hydrogen-bond acceptors (Lipinski definition) is 2. The molecule has 2 fully saturated rings. The molecule has 2 nitrogen and oxygen atoms in total. The fourth-order valence-electron chi connectivity index (χ4n) is 3.50. The maximum Gasteiger partial charge on any atom is 0.0672 e. The minimum Gasteiger partial charge on any atom is -0.299 e. The molecular formula is C14H24N2. The van der Waals surface area contributed by atoms with Gasteiger partial charge in [-0.3, -0.25) is 4.90 Å². The minimum atomic E-state index is 0.296. The van der Waals surface area contributed by atoms with Crippen LogP contribution < -0.4 is 0 Å². The summed E-state index contributed by atoms with van der Waals surface area (Å²) in [5.41, 5.74) is 0. The van der Waals surface area contributed by atoms with Crippen molar-refractivity contribution in [2.24, 2.45) is 11.8 Å². The van der Waals surface area contributed by atoms with E-state index in [1.165, 1.54) is 38.5 Å². The molecule has 0 bridgehead atoms. The molecule has 2 unspecified atom stereocenters. The van der Waals surface area contributed by atoms with Crippen LogP contribution in [0, 0.1) is 23.2 Å². The molecule has 0 saturated heterocycles. The van der Waals surface area contributed by atoms with E-state index < -0.39 is 0 Å². The molecule has 0 aromatic carbocycles. The molecule has 2 aliphatic rings. The lowest BCUT2D eigenvalue weighted by molar-refractivity contribution is 0.112. The first-order chi connectivity index (χ1) is 7.72. The zero-order chi connectivity index (χ0) is 11.5. The molecule has 90 valence electrons. The van der Waals surface area contributed by atoms with Crippen molar-refractivity contribution in [1.82, 2.24) is 4.90 Å². The van der Waals surface area contributed by atoms with Crippen molar-refractivity contribution in [2.45, 2.75) is 64.0 Å². The van der Waals surface area contributed by atoms with E-state index >= 15 is 0 Å². The molecule has 2 rings (SSSR count). The second kappa shape index (κ2) is 5.19. The van der Waals surface area contributed by atoms with Gasteiger partial charge in [0.15, 0.2) is 0 Å². The molecule has 0 heterocycles. The molecule has 0 aliphatic heterocycles. The Hall–Kier alpha value is -0.550. The van der Waals surface area contributed by atoms with Crippen molar-refractivity contribution in [3.8, 4) is 6.07 Å². The molecular weight excluding hydrogens is 196 g/mol. The molecule has 0 N–H and O–H groups in total. The van der Waals surface area contributed by atoms with Crippen molar-refractivity contribution < 1.29 is 0 Å². The summed E-state index contributed by atoms with van der Waals surface area (Å²) in [5.74, 6) is 1.21. The molecule has 2 atom stereocenters. The number of nitrogens with zero attached hydrogens (tertiary/aromatic N) is 2. The highest BCUT2D eigenvalue weighted by Crippen LogP contribution is 2.34. The third kappa shape index (κ3) is 2.40. The van der Waals surface area contributed by atoms with E-state index in [1.54, 1.807) is 0 Å². The van der Waals surface area contributed by atoms with Gasteiger partial charge in [0, 0.05) is 12.1 Å². The summed E-state index contributed by atoms with van der Waals surface area (Å²) in [6.45, 7) is 2.36. The molecule has 0 spiro atoms. The Morgan fingerprint density at radius 3 is 2.38 bits per heavy atom. The van der Waals surface area contributed by atoms with Gasteiger partial charge in [-0.05, 0) is 51.5 Å². The van der Waals surface area contributed by atoms with Crippen LogP contribution in [-0.4, -0.2) is 24.0 Å². The van der Waals surface area contributed by atoms with Crippen LogP contribution in [0.4, 0.5) is 0 Å². The number of rotatable bonds is 2. The van der Waals surface area contributed by atoms with Gasteiger partial charge in [0.25, 0.3) is 0 Å². The van der Waals surface area contributed by atoms with Crippen LogP contribution in [0.15, 0.2) is 0 Å². The summed E-state index contributed by atoms with van der Waals surface area (Å²) < 4.78 is 0. The monoisotopic (exact) mass is 220 g/mol. The Morgan fingerprint density at radius 1 is 1.06 bits per heavy atom. The SMILES string of the molecule is CC1CCC(N(C)C2CCCC2C#N)CC1. The highest BCUT2D eigenvalue weighted by atomic mass is 15.2. The Bertz CT molecular complexity index is 260. The lowest BCUT2D eigenvalue weighted by Crippen LogP contribution is -2.43. The summed E-state index contributed by atoms with van der Waals surface area (Å²) >= 11 is 0. The fraction of sp³-hybridized carbons (Fsp3) is 0.929. The largest absolute Gasteiger partial charge is 0.299 e. The van der Waals surface area contributed by atoms with Crippen LogP contribution in [0.25, 0.3) is 0 Å². The van der Waals surface area contributed by atoms with E-state index in [0.717, 1.165) is 18.4 Å². The first-order valence-corrected chi connectivity index (χ1v) is 6.84. The van der Waals surface area contributed by atoms with E-state index in [2.05, 4.69) is 24.9 Å². The smallest absolute Gasteiger partial charge is 0.0672 e. The number of hydrogen-bond donors (Lipinski definition) is 0. The molecule has 2 heteroatoms. The molecule has 0 radical (unpaired) electrons. The van der Waals surface area contributed by atoms with Gasteiger partial charge in [-0.1, -0.05) is 13.3 Å². The Balaban J connectivity index is 1.92. The van der Waals surface area contributed by atoms with Crippen LogP contribution in [-0.2, 0) is 0 Å². The van der Waals surface area contributed by atoms with Crippen molar-refractivity contribution in [3.05, 3.63) is 0 Å². The third-order valence-corrected chi connectivity index (χ3v) is 4.73. The molecule has 16 heavy (non-hydrogen) atoms. The summed E-state index contributed by atoms with van der Waals surface area (Å²) in [5, 5.41) is 9.15. The predicted molar refractivity (Wildman–Crippen MR) is 65.9 cm³/mol. The zero-order valence-corrected chi connectivity index (χ0v) is 10.7. The second-order valence-electron chi connectivity index (χ2n) is 5.81. The Kier molecular flexibility index (Phi) is 3.86. The summed E-state index contributed by atoms with van der Waals surface area (Å²) in [4.78, 5) is 2.53. The molecule has 0 aromatic heterocycles.